The van der Waals surface area contributed by atoms with Crippen LogP contribution in [0.2, 0.25) is 0 Å². The van der Waals surface area contributed by atoms with E-state index in [0.717, 1.165) is 22.3 Å². The van der Waals surface area contributed by atoms with Crippen LogP contribution in [0.25, 0.3) is 0 Å². The molecule has 0 aromatic heterocycles. The van der Waals surface area contributed by atoms with Gasteiger partial charge in [0.05, 0.1) is 40.5 Å². The Morgan fingerprint density at radius 3 is 1.46 bits per heavy atom. The molecule has 0 spiro atoms. The van der Waals surface area contributed by atoms with Gasteiger partial charge in [-0.25, -0.2) is 0 Å². The van der Waals surface area contributed by atoms with Crippen molar-refractivity contribution >= 4 is 0 Å². The number of hydrogen-bond acceptors (Lipinski definition) is 12. The normalized spacial score (nSPS) is 17.6. The number of methoxy groups -OCH3 is 4. The second-order valence-electron chi connectivity index (χ2n) is 18.1. The third-order valence-corrected chi connectivity index (χ3v) is 13.4. The molecule has 2 aliphatic heterocycles. The zero-order valence-electron chi connectivity index (χ0n) is 41.6. The summed E-state index contributed by atoms with van der Waals surface area (Å²) in [6, 6.07) is 56.0. The second kappa shape index (κ2) is 22.6. The Morgan fingerprint density at radius 1 is 0.419 bits per heavy atom. The lowest BCUT2D eigenvalue weighted by Gasteiger charge is -2.41. The highest BCUT2D eigenvalue weighted by Crippen LogP contribution is 2.58. The number of fused-ring (bicyclic) bond motifs is 2. The van der Waals surface area contributed by atoms with E-state index in [2.05, 4.69) is 0 Å². The predicted octanol–water partition coefficient (Wildman–Crippen LogP) is 11.7. The summed E-state index contributed by atoms with van der Waals surface area (Å²) < 4.78 is 64.1. The lowest BCUT2D eigenvalue weighted by molar-refractivity contribution is 0.000826. The monoisotopic (exact) mass is 994 g/mol. The summed E-state index contributed by atoms with van der Waals surface area (Å²) in [5.74, 6) is 3.49. The Kier molecular flexibility index (Phi) is 15.1. The molecule has 0 saturated carbocycles. The van der Waals surface area contributed by atoms with Gasteiger partial charge in [0, 0.05) is 41.3 Å². The van der Waals surface area contributed by atoms with Crippen LogP contribution < -0.4 is 47.4 Å². The van der Waals surface area contributed by atoms with Crippen molar-refractivity contribution in [3.63, 3.8) is 0 Å². The van der Waals surface area contributed by atoms with E-state index < -0.39 is 30.3 Å². The lowest BCUT2D eigenvalue weighted by Crippen LogP contribution is -2.37. The van der Waals surface area contributed by atoms with Gasteiger partial charge in [0.1, 0.15) is 73.1 Å². The number of aliphatic hydroxyl groups is 2. The summed E-state index contributed by atoms with van der Waals surface area (Å²) in [4.78, 5) is 0. The van der Waals surface area contributed by atoms with Crippen molar-refractivity contribution < 1.29 is 57.6 Å². The van der Waals surface area contributed by atoms with E-state index in [4.69, 9.17) is 47.4 Å². The lowest BCUT2D eigenvalue weighted by atomic mass is 9.77. The Hall–Kier alpha value is -8.32. The van der Waals surface area contributed by atoms with Crippen LogP contribution in [0.15, 0.2) is 176 Å². The first-order valence-corrected chi connectivity index (χ1v) is 24.5. The molecule has 2 heterocycles. The maximum atomic E-state index is 13.4. The predicted molar refractivity (Wildman–Crippen MR) is 279 cm³/mol. The Morgan fingerprint density at radius 2 is 0.905 bits per heavy atom. The summed E-state index contributed by atoms with van der Waals surface area (Å²) >= 11 is 0. The van der Waals surface area contributed by atoms with E-state index in [1.54, 1.807) is 46.6 Å². The average molecular weight is 995 g/mol. The molecule has 12 heteroatoms. The van der Waals surface area contributed by atoms with Gasteiger partial charge < -0.3 is 57.6 Å². The van der Waals surface area contributed by atoms with Gasteiger partial charge in [-0.15, -0.1) is 0 Å². The minimum atomic E-state index is -1.34. The van der Waals surface area contributed by atoms with Crippen LogP contribution in [0.4, 0.5) is 0 Å². The Labute approximate surface area is 431 Å². The van der Waals surface area contributed by atoms with Crippen molar-refractivity contribution in [3.05, 3.63) is 226 Å². The molecule has 2 N–H and O–H groups in total. The first-order valence-electron chi connectivity index (χ1n) is 24.5. The molecule has 0 bridgehead atoms. The van der Waals surface area contributed by atoms with Crippen LogP contribution >= 0.6 is 0 Å². The minimum absolute atomic E-state index is 0.139. The van der Waals surface area contributed by atoms with E-state index in [0.29, 0.717) is 91.9 Å². The molecule has 0 radical (unpaired) electrons. The summed E-state index contributed by atoms with van der Waals surface area (Å²) in [5, 5.41) is 25.4. The fraction of sp³-hybridized carbons (Fsp3) is 0.226. The fourth-order valence-corrected chi connectivity index (χ4v) is 9.68. The van der Waals surface area contributed by atoms with Crippen molar-refractivity contribution in [2.45, 2.75) is 63.2 Å². The van der Waals surface area contributed by atoms with E-state index in [1.807, 2.05) is 158 Å². The third-order valence-electron chi connectivity index (χ3n) is 13.4. The summed E-state index contributed by atoms with van der Waals surface area (Å²) in [5.41, 5.74) is 6.72. The molecule has 8 aromatic rings. The van der Waals surface area contributed by atoms with Gasteiger partial charge in [0.25, 0.3) is 0 Å². The van der Waals surface area contributed by atoms with E-state index in [9.17, 15) is 10.2 Å². The van der Waals surface area contributed by atoms with Crippen molar-refractivity contribution in [2.24, 2.45) is 0 Å². The highest BCUT2D eigenvalue weighted by atomic mass is 16.5. The summed E-state index contributed by atoms with van der Waals surface area (Å²) in [6.07, 6.45) is -4.13. The Balaban J connectivity index is 1.14. The van der Waals surface area contributed by atoms with E-state index >= 15 is 0 Å². The first-order chi connectivity index (χ1) is 36.3. The largest absolute Gasteiger partial charge is 0.496 e. The molecule has 5 atom stereocenters. The number of benzene rings is 8. The van der Waals surface area contributed by atoms with Gasteiger partial charge in [0.2, 0.25) is 0 Å². The number of aliphatic hydroxyl groups excluding tert-OH is 2. The molecule has 0 saturated heterocycles. The smallest absolute Gasteiger partial charge is 0.162 e. The third kappa shape index (κ3) is 10.6. The molecule has 0 unspecified atom stereocenters. The molecule has 8 aromatic carbocycles. The highest BCUT2D eigenvalue weighted by molar-refractivity contribution is 5.67. The van der Waals surface area contributed by atoms with Crippen LogP contribution in [0.5, 0.6) is 57.5 Å². The van der Waals surface area contributed by atoms with Gasteiger partial charge >= 0.3 is 0 Å². The second-order valence-corrected chi connectivity index (χ2v) is 18.1. The van der Waals surface area contributed by atoms with Crippen LogP contribution in [0.1, 0.15) is 68.2 Å². The molecule has 0 amide bonds. The molecular formula is C62H58O12. The topological polar surface area (TPSA) is 133 Å². The number of ether oxygens (including phenoxy) is 10. The summed E-state index contributed by atoms with van der Waals surface area (Å²) in [6.45, 7) is 1.03. The van der Waals surface area contributed by atoms with Crippen molar-refractivity contribution in [1.29, 1.82) is 0 Å². The molecule has 12 nitrogen and oxygen atoms in total. The van der Waals surface area contributed by atoms with Crippen LogP contribution in [0.3, 0.4) is 0 Å². The maximum absolute atomic E-state index is 13.4. The number of rotatable bonds is 19. The van der Waals surface area contributed by atoms with Gasteiger partial charge in [-0.3, -0.25) is 0 Å². The van der Waals surface area contributed by atoms with Gasteiger partial charge in [-0.05, 0) is 57.6 Å². The molecule has 2 aliphatic rings. The zero-order chi connectivity index (χ0) is 51.0. The van der Waals surface area contributed by atoms with Crippen LogP contribution in [-0.2, 0) is 32.8 Å². The quantitative estimate of drug-likeness (QED) is 0.0799. The van der Waals surface area contributed by atoms with Crippen molar-refractivity contribution in [1.82, 2.24) is 0 Å². The van der Waals surface area contributed by atoms with Gasteiger partial charge in [0.15, 0.2) is 29.1 Å². The highest BCUT2D eigenvalue weighted by Gasteiger charge is 2.47. The van der Waals surface area contributed by atoms with Crippen molar-refractivity contribution in [3.8, 4) is 57.5 Å². The van der Waals surface area contributed by atoms with Crippen LogP contribution in [0, 0.1) is 0 Å². The Bertz CT molecular complexity index is 3150. The van der Waals surface area contributed by atoms with E-state index in [-0.39, 0.29) is 26.2 Å². The maximum Gasteiger partial charge on any atom is 0.162 e. The molecular weight excluding hydrogens is 937 g/mol. The van der Waals surface area contributed by atoms with Crippen LogP contribution in [-0.4, -0.2) is 50.9 Å². The minimum Gasteiger partial charge on any atom is -0.496 e. The SMILES string of the molecule is COc1ccc([C@H]2Oc3c(c(OC)cc(OC)c3[C@H]3c4c(OCc5ccccc5)cc(OCc5ccccc5)cc4O[C@H](c4ccc(OCc5ccccc5)c(OCc5ccccc5)c4)[C@@H]3O)C[C@H]2O)cc1OC. The standard InChI is InChI=1S/C62H58O12/c1-65-48-27-25-43(29-51(48)67-3)60-47(63)33-46-50(66-2)34-53(68-4)57(62(46)74-60)58-56-54(72-38-42-23-15-8-16-24-42)31-45(69-35-39-17-9-5-10-18-39)32-55(56)73-61(59(58)64)44-26-28-49(70-36-40-19-11-6-12-20-40)52(30-44)71-37-41-21-13-7-14-22-41/h5-32,34,47,58-61,63-64H,33,35-38H2,1-4H3/t47-,58-,59-,60-,61-/m1/s1. The van der Waals surface area contributed by atoms with Gasteiger partial charge in [-0.2, -0.15) is 0 Å². The van der Waals surface area contributed by atoms with Crippen molar-refractivity contribution in [2.75, 3.05) is 28.4 Å². The zero-order valence-corrected chi connectivity index (χ0v) is 41.6. The fourth-order valence-electron chi connectivity index (χ4n) is 9.68. The number of hydrogen-bond donors (Lipinski definition) is 2. The van der Waals surface area contributed by atoms with E-state index in [1.165, 1.54) is 0 Å². The summed E-state index contributed by atoms with van der Waals surface area (Å²) in [7, 11) is 6.25. The van der Waals surface area contributed by atoms with Gasteiger partial charge in [-0.1, -0.05) is 133 Å². The average Bonchev–Trinajstić information content (AvgIpc) is 3.45. The molecule has 10 rings (SSSR count). The first kappa shape index (κ1) is 49.3. The molecule has 74 heavy (non-hydrogen) atoms. The molecule has 0 fully saturated rings. The molecule has 0 aliphatic carbocycles. The molecule has 378 valence electrons.